The number of amides is 2. The van der Waals surface area contributed by atoms with Crippen molar-refractivity contribution in [2.24, 2.45) is 0 Å². The molecule has 3 aromatic rings. The van der Waals surface area contributed by atoms with Crippen LogP contribution >= 0.6 is 0 Å². The molecule has 29 heavy (non-hydrogen) atoms. The topological polar surface area (TPSA) is 76.7 Å². The van der Waals surface area contributed by atoms with Gasteiger partial charge in [-0.25, -0.2) is 0 Å². The first-order valence-electron chi connectivity index (χ1n) is 9.14. The predicted octanol–water partition coefficient (Wildman–Crippen LogP) is 4.35. The van der Waals surface area contributed by atoms with Gasteiger partial charge in [-0.1, -0.05) is 30.3 Å². The minimum absolute atomic E-state index is 0.309. The molecule has 3 rings (SSSR count). The molecule has 0 aliphatic heterocycles. The lowest BCUT2D eigenvalue weighted by molar-refractivity contribution is -0.122. The Morgan fingerprint density at radius 3 is 2.10 bits per heavy atom. The monoisotopic (exact) mass is 390 g/mol. The molecule has 1 unspecified atom stereocenters. The van der Waals surface area contributed by atoms with E-state index in [4.69, 9.17) is 9.47 Å². The van der Waals surface area contributed by atoms with Crippen molar-refractivity contribution < 1.29 is 19.1 Å². The molecule has 2 N–H and O–H groups in total. The molecule has 0 radical (unpaired) electrons. The molecule has 0 heterocycles. The molecule has 0 bridgehead atoms. The van der Waals surface area contributed by atoms with Gasteiger partial charge in [-0.05, 0) is 55.5 Å². The highest BCUT2D eigenvalue weighted by Gasteiger charge is 2.18. The van der Waals surface area contributed by atoms with E-state index < -0.39 is 6.10 Å². The van der Waals surface area contributed by atoms with Gasteiger partial charge in [-0.15, -0.1) is 0 Å². The Kier molecular flexibility index (Phi) is 6.47. The lowest BCUT2D eigenvalue weighted by atomic mass is 10.1. The second-order valence-corrected chi connectivity index (χ2v) is 6.29. The second kappa shape index (κ2) is 9.41. The lowest BCUT2D eigenvalue weighted by Gasteiger charge is -2.16. The van der Waals surface area contributed by atoms with Crippen molar-refractivity contribution in [3.8, 4) is 11.5 Å². The largest absolute Gasteiger partial charge is 0.497 e. The van der Waals surface area contributed by atoms with Gasteiger partial charge in [-0.3, -0.25) is 9.59 Å². The highest BCUT2D eigenvalue weighted by molar-refractivity contribution is 6.10. The molecule has 0 saturated carbocycles. The van der Waals surface area contributed by atoms with Crippen LogP contribution in [0.25, 0.3) is 0 Å². The summed E-state index contributed by atoms with van der Waals surface area (Å²) in [6, 6.07) is 22.9. The molecule has 6 nitrogen and oxygen atoms in total. The third-order valence-corrected chi connectivity index (χ3v) is 4.20. The van der Waals surface area contributed by atoms with E-state index in [1.165, 1.54) is 0 Å². The minimum atomic E-state index is -0.756. The minimum Gasteiger partial charge on any atom is -0.497 e. The third kappa shape index (κ3) is 5.35. The van der Waals surface area contributed by atoms with Crippen LogP contribution in [0.15, 0.2) is 78.9 Å². The van der Waals surface area contributed by atoms with E-state index in [1.807, 2.05) is 18.2 Å². The first-order chi connectivity index (χ1) is 14.1. The molecule has 0 aliphatic carbocycles. The smallest absolute Gasteiger partial charge is 0.265 e. The lowest BCUT2D eigenvalue weighted by Crippen LogP contribution is -2.31. The Labute approximate surface area is 169 Å². The van der Waals surface area contributed by atoms with Gasteiger partial charge in [0.2, 0.25) is 0 Å². The summed E-state index contributed by atoms with van der Waals surface area (Å²) in [5.74, 6) is 0.577. The van der Waals surface area contributed by atoms with Crippen LogP contribution in [0.1, 0.15) is 17.3 Å². The highest BCUT2D eigenvalue weighted by Crippen LogP contribution is 2.20. The molecule has 6 heteroatoms. The van der Waals surface area contributed by atoms with Crippen molar-refractivity contribution in [3.63, 3.8) is 0 Å². The molecule has 2 amide bonds. The van der Waals surface area contributed by atoms with Gasteiger partial charge < -0.3 is 20.1 Å². The first-order valence-corrected chi connectivity index (χ1v) is 9.14. The average Bonchev–Trinajstić information content (AvgIpc) is 2.75. The van der Waals surface area contributed by atoms with E-state index in [0.29, 0.717) is 28.4 Å². The van der Waals surface area contributed by atoms with Crippen molar-refractivity contribution in [1.29, 1.82) is 0 Å². The van der Waals surface area contributed by atoms with Gasteiger partial charge in [0.25, 0.3) is 11.8 Å². The van der Waals surface area contributed by atoms with Crippen LogP contribution in [0.5, 0.6) is 11.5 Å². The summed E-state index contributed by atoms with van der Waals surface area (Å²) in [7, 11) is 1.58. The molecule has 0 spiro atoms. The van der Waals surface area contributed by atoms with Crippen molar-refractivity contribution in [2.45, 2.75) is 13.0 Å². The Morgan fingerprint density at radius 1 is 0.793 bits per heavy atom. The van der Waals surface area contributed by atoms with Crippen molar-refractivity contribution >= 4 is 23.2 Å². The number of ether oxygens (including phenoxy) is 2. The van der Waals surface area contributed by atoms with Gasteiger partial charge in [0.05, 0.1) is 18.4 Å². The van der Waals surface area contributed by atoms with E-state index in [9.17, 15) is 9.59 Å². The van der Waals surface area contributed by atoms with Crippen LogP contribution in [-0.2, 0) is 4.79 Å². The maximum Gasteiger partial charge on any atom is 0.265 e. The van der Waals surface area contributed by atoms with Crippen LogP contribution in [0.4, 0.5) is 11.4 Å². The normalized spacial score (nSPS) is 11.2. The Bertz CT molecular complexity index is 972. The van der Waals surface area contributed by atoms with Crippen LogP contribution in [0.2, 0.25) is 0 Å². The van der Waals surface area contributed by atoms with Crippen LogP contribution in [-0.4, -0.2) is 25.0 Å². The standard InChI is InChI=1S/C23H22N2O4/c1-16(29-19-14-12-18(28-2)13-15-19)22(26)25-21-11-7-6-10-20(21)23(27)24-17-8-4-3-5-9-17/h3-16H,1-2H3,(H,24,27)(H,25,26). The Hall–Kier alpha value is -3.80. The molecule has 3 aromatic carbocycles. The van der Waals surface area contributed by atoms with Crippen molar-refractivity contribution in [2.75, 3.05) is 17.7 Å². The average molecular weight is 390 g/mol. The van der Waals surface area contributed by atoms with Crippen LogP contribution in [0, 0.1) is 0 Å². The summed E-state index contributed by atoms with van der Waals surface area (Å²) in [4.78, 5) is 25.2. The fourth-order valence-corrected chi connectivity index (χ4v) is 2.66. The molecular weight excluding hydrogens is 368 g/mol. The van der Waals surface area contributed by atoms with Gasteiger partial charge in [0.15, 0.2) is 6.10 Å². The SMILES string of the molecule is COc1ccc(OC(C)C(=O)Nc2ccccc2C(=O)Nc2ccccc2)cc1. The fourth-order valence-electron chi connectivity index (χ4n) is 2.66. The zero-order valence-electron chi connectivity index (χ0n) is 16.2. The maximum atomic E-state index is 12.6. The summed E-state index contributed by atoms with van der Waals surface area (Å²) in [6.07, 6.45) is -0.756. The number of para-hydroxylation sites is 2. The predicted molar refractivity (Wildman–Crippen MR) is 113 cm³/mol. The molecule has 0 aromatic heterocycles. The summed E-state index contributed by atoms with van der Waals surface area (Å²) < 4.78 is 10.8. The van der Waals surface area contributed by atoms with E-state index in [0.717, 1.165) is 0 Å². The summed E-state index contributed by atoms with van der Waals surface area (Å²) >= 11 is 0. The van der Waals surface area contributed by atoms with Crippen LogP contribution in [0.3, 0.4) is 0 Å². The Morgan fingerprint density at radius 2 is 1.41 bits per heavy atom. The van der Waals surface area contributed by atoms with Gasteiger partial charge in [0.1, 0.15) is 11.5 Å². The van der Waals surface area contributed by atoms with E-state index in [-0.39, 0.29) is 11.8 Å². The molecule has 0 aliphatic rings. The highest BCUT2D eigenvalue weighted by atomic mass is 16.5. The third-order valence-electron chi connectivity index (χ3n) is 4.20. The number of rotatable bonds is 7. The van der Waals surface area contributed by atoms with Gasteiger partial charge >= 0.3 is 0 Å². The number of carbonyl (C=O) groups is 2. The van der Waals surface area contributed by atoms with E-state index >= 15 is 0 Å². The number of methoxy groups -OCH3 is 1. The van der Waals surface area contributed by atoms with Crippen molar-refractivity contribution in [3.05, 3.63) is 84.4 Å². The zero-order chi connectivity index (χ0) is 20.6. The van der Waals surface area contributed by atoms with E-state index in [2.05, 4.69) is 10.6 Å². The van der Waals surface area contributed by atoms with E-state index in [1.54, 1.807) is 74.7 Å². The second-order valence-electron chi connectivity index (χ2n) is 6.29. The summed E-state index contributed by atoms with van der Waals surface area (Å²) in [5.41, 5.74) is 1.45. The molecule has 0 saturated heterocycles. The van der Waals surface area contributed by atoms with Crippen LogP contribution < -0.4 is 20.1 Å². The molecule has 148 valence electrons. The van der Waals surface area contributed by atoms with Gasteiger partial charge in [0, 0.05) is 5.69 Å². The van der Waals surface area contributed by atoms with Gasteiger partial charge in [-0.2, -0.15) is 0 Å². The Balaban J connectivity index is 1.67. The molecule has 0 fully saturated rings. The zero-order valence-corrected chi connectivity index (χ0v) is 16.2. The summed E-state index contributed by atoms with van der Waals surface area (Å²) in [6.45, 7) is 1.65. The fraction of sp³-hybridized carbons (Fsp3) is 0.130. The molecular formula is C23H22N2O4. The van der Waals surface area contributed by atoms with Crippen molar-refractivity contribution in [1.82, 2.24) is 0 Å². The quantitative estimate of drug-likeness (QED) is 0.629. The number of hydrogen-bond acceptors (Lipinski definition) is 4. The first kappa shape index (κ1) is 19.9. The number of hydrogen-bond donors (Lipinski definition) is 2. The number of nitrogens with one attached hydrogen (secondary N) is 2. The summed E-state index contributed by atoms with van der Waals surface area (Å²) in [5, 5.41) is 5.59. The molecule has 1 atom stereocenters. The number of carbonyl (C=O) groups excluding carboxylic acids is 2. The maximum absolute atomic E-state index is 12.6. The number of anilines is 2. The number of benzene rings is 3.